The maximum absolute atomic E-state index is 6.70. The van der Waals surface area contributed by atoms with Crippen LogP contribution in [0.3, 0.4) is 0 Å². The van der Waals surface area contributed by atoms with E-state index >= 15 is 0 Å². The van der Waals surface area contributed by atoms with Crippen LogP contribution in [0.5, 0.6) is 0 Å². The molecule has 3 heteroatoms. The van der Waals surface area contributed by atoms with Crippen LogP contribution in [0.15, 0.2) is 0 Å². The molecule has 0 bridgehead atoms. The number of rotatable bonds is 2. The maximum Gasteiger partial charge on any atom is 0.122 e. The van der Waals surface area contributed by atoms with E-state index < -0.39 is 0 Å². The Balaban J connectivity index is 2.22. The first-order valence-electron chi connectivity index (χ1n) is 7.52. The van der Waals surface area contributed by atoms with Crippen molar-refractivity contribution in [2.75, 3.05) is 19.8 Å². The zero-order chi connectivity index (χ0) is 13.3. The largest absolute Gasteiger partial charge is 0.381 e. The standard InChI is InChI=1S/C15H29NO2/c1-5-14(6-2)13(3,4)12-16-15(18-14)8-7-10-17-11-9-15/h16H,5-12H2,1-4H3. The predicted octanol–water partition coefficient (Wildman–Crippen LogP) is 3.09. The molecule has 0 aromatic rings. The van der Waals surface area contributed by atoms with Crippen LogP contribution in [0.25, 0.3) is 0 Å². The van der Waals surface area contributed by atoms with Gasteiger partial charge < -0.3 is 9.47 Å². The minimum atomic E-state index is -0.141. The van der Waals surface area contributed by atoms with E-state index in [0.717, 1.165) is 51.9 Å². The highest BCUT2D eigenvalue weighted by Gasteiger charge is 2.53. The van der Waals surface area contributed by atoms with Gasteiger partial charge in [-0.2, -0.15) is 0 Å². The first-order valence-corrected chi connectivity index (χ1v) is 7.52. The summed E-state index contributed by atoms with van der Waals surface area (Å²) < 4.78 is 12.3. The third-order valence-electron chi connectivity index (χ3n) is 5.14. The molecule has 106 valence electrons. The highest BCUT2D eigenvalue weighted by molar-refractivity contribution is 5.02. The van der Waals surface area contributed by atoms with Crippen LogP contribution in [0.1, 0.15) is 59.8 Å². The summed E-state index contributed by atoms with van der Waals surface area (Å²) in [4.78, 5) is 0. The third-order valence-corrected chi connectivity index (χ3v) is 5.14. The Labute approximate surface area is 112 Å². The molecule has 0 aromatic carbocycles. The first kappa shape index (κ1) is 14.3. The minimum absolute atomic E-state index is 0.00257. The molecule has 2 aliphatic rings. The van der Waals surface area contributed by atoms with Crippen molar-refractivity contribution in [1.82, 2.24) is 5.32 Å². The fourth-order valence-electron chi connectivity index (χ4n) is 3.65. The predicted molar refractivity (Wildman–Crippen MR) is 73.6 cm³/mol. The van der Waals surface area contributed by atoms with E-state index in [1.54, 1.807) is 0 Å². The Morgan fingerprint density at radius 1 is 1.06 bits per heavy atom. The summed E-state index contributed by atoms with van der Waals surface area (Å²) in [6, 6.07) is 0. The SMILES string of the molecule is CCC1(CC)OC2(CCCOCC2)NCC1(C)C. The molecule has 2 fully saturated rings. The van der Waals surface area contributed by atoms with Crippen molar-refractivity contribution in [1.29, 1.82) is 0 Å². The summed E-state index contributed by atoms with van der Waals surface area (Å²) in [5.74, 6) is 0. The molecule has 2 rings (SSSR count). The lowest BCUT2D eigenvalue weighted by Crippen LogP contribution is -2.67. The summed E-state index contributed by atoms with van der Waals surface area (Å²) >= 11 is 0. The molecular weight excluding hydrogens is 226 g/mol. The average Bonchev–Trinajstić information content (AvgIpc) is 2.59. The molecule has 0 radical (unpaired) electrons. The van der Waals surface area contributed by atoms with Crippen LogP contribution >= 0.6 is 0 Å². The maximum atomic E-state index is 6.70. The highest BCUT2D eigenvalue weighted by atomic mass is 16.5. The minimum Gasteiger partial charge on any atom is -0.381 e. The second kappa shape index (κ2) is 5.10. The molecule has 1 N–H and O–H groups in total. The number of nitrogens with one attached hydrogen (secondary N) is 1. The van der Waals surface area contributed by atoms with E-state index in [9.17, 15) is 0 Å². The molecule has 2 heterocycles. The van der Waals surface area contributed by atoms with Gasteiger partial charge in [-0.05, 0) is 25.7 Å². The van der Waals surface area contributed by atoms with Crippen molar-refractivity contribution < 1.29 is 9.47 Å². The van der Waals surface area contributed by atoms with Crippen LogP contribution in [0.2, 0.25) is 0 Å². The highest BCUT2D eigenvalue weighted by Crippen LogP contribution is 2.47. The number of ether oxygens (including phenoxy) is 2. The summed E-state index contributed by atoms with van der Waals surface area (Å²) in [5, 5.41) is 3.69. The van der Waals surface area contributed by atoms with E-state index in [2.05, 4.69) is 33.0 Å². The Morgan fingerprint density at radius 2 is 1.78 bits per heavy atom. The summed E-state index contributed by atoms with van der Waals surface area (Å²) in [6.45, 7) is 11.9. The molecule has 0 saturated carbocycles. The monoisotopic (exact) mass is 255 g/mol. The normalized spacial score (nSPS) is 35.3. The lowest BCUT2D eigenvalue weighted by molar-refractivity contribution is -0.258. The van der Waals surface area contributed by atoms with E-state index in [-0.39, 0.29) is 16.7 Å². The van der Waals surface area contributed by atoms with Crippen molar-refractivity contribution in [3.05, 3.63) is 0 Å². The lowest BCUT2D eigenvalue weighted by Gasteiger charge is -2.57. The molecule has 0 aliphatic carbocycles. The van der Waals surface area contributed by atoms with Gasteiger partial charge in [-0.3, -0.25) is 5.32 Å². The quantitative estimate of drug-likeness (QED) is 0.822. The Morgan fingerprint density at radius 3 is 2.44 bits per heavy atom. The smallest absolute Gasteiger partial charge is 0.122 e. The fraction of sp³-hybridized carbons (Fsp3) is 1.00. The van der Waals surface area contributed by atoms with Crippen LogP contribution < -0.4 is 5.32 Å². The molecule has 2 saturated heterocycles. The molecule has 1 atom stereocenters. The number of hydrogen-bond acceptors (Lipinski definition) is 3. The van der Waals surface area contributed by atoms with Crippen molar-refractivity contribution in [2.24, 2.45) is 5.41 Å². The van der Waals surface area contributed by atoms with Gasteiger partial charge in [0.05, 0.1) is 12.2 Å². The van der Waals surface area contributed by atoms with Crippen LogP contribution in [0.4, 0.5) is 0 Å². The molecule has 2 aliphatic heterocycles. The van der Waals surface area contributed by atoms with E-state index in [1.165, 1.54) is 0 Å². The van der Waals surface area contributed by atoms with Gasteiger partial charge in [-0.15, -0.1) is 0 Å². The van der Waals surface area contributed by atoms with E-state index in [0.29, 0.717) is 0 Å². The lowest BCUT2D eigenvalue weighted by atomic mass is 9.69. The second-order valence-electron chi connectivity index (χ2n) is 6.50. The first-order chi connectivity index (χ1) is 8.49. The fourth-order valence-corrected chi connectivity index (χ4v) is 3.65. The zero-order valence-electron chi connectivity index (χ0n) is 12.5. The molecule has 18 heavy (non-hydrogen) atoms. The van der Waals surface area contributed by atoms with E-state index in [1.807, 2.05) is 0 Å². The number of hydrogen-bond donors (Lipinski definition) is 1. The third kappa shape index (κ3) is 2.33. The van der Waals surface area contributed by atoms with Crippen molar-refractivity contribution in [3.8, 4) is 0 Å². The zero-order valence-corrected chi connectivity index (χ0v) is 12.5. The van der Waals surface area contributed by atoms with Crippen LogP contribution in [-0.2, 0) is 9.47 Å². The molecule has 3 nitrogen and oxygen atoms in total. The van der Waals surface area contributed by atoms with E-state index in [4.69, 9.17) is 9.47 Å². The van der Waals surface area contributed by atoms with Gasteiger partial charge in [-0.25, -0.2) is 0 Å². The topological polar surface area (TPSA) is 30.5 Å². The Hall–Kier alpha value is -0.120. The van der Waals surface area contributed by atoms with Gasteiger partial charge in [0.2, 0.25) is 0 Å². The van der Waals surface area contributed by atoms with Crippen molar-refractivity contribution in [3.63, 3.8) is 0 Å². The molecule has 0 amide bonds. The van der Waals surface area contributed by atoms with Gasteiger partial charge >= 0.3 is 0 Å². The summed E-state index contributed by atoms with van der Waals surface area (Å²) in [6.07, 6.45) is 5.31. The van der Waals surface area contributed by atoms with Gasteiger partial charge in [0.25, 0.3) is 0 Å². The van der Waals surface area contributed by atoms with Gasteiger partial charge in [0.15, 0.2) is 0 Å². The second-order valence-corrected chi connectivity index (χ2v) is 6.50. The molecular formula is C15H29NO2. The molecule has 0 aromatic heterocycles. The Kier molecular flexibility index (Phi) is 4.05. The molecule has 1 unspecified atom stereocenters. The Bertz CT molecular complexity index is 276. The van der Waals surface area contributed by atoms with Gasteiger partial charge in [0, 0.05) is 25.0 Å². The summed E-state index contributed by atoms with van der Waals surface area (Å²) in [7, 11) is 0. The van der Waals surface area contributed by atoms with Gasteiger partial charge in [-0.1, -0.05) is 27.7 Å². The van der Waals surface area contributed by atoms with Crippen molar-refractivity contribution in [2.45, 2.75) is 71.1 Å². The molecule has 1 spiro atoms. The average molecular weight is 255 g/mol. The van der Waals surface area contributed by atoms with Crippen molar-refractivity contribution >= 4 is 0 Å². The van der Waals surface area contributed by atoms with Gasteiger partial charge in [0.1, 0.15) is 5.72 Å². The van der Waals surface area contributed by atoms with Crippen LogP contribution in [0, 0.1) is 5.41 Å². The van der Waals surface area contributed by atoms with Crippen LogP contribution in [-0.4, -0.2) is 31.1 Å². The summed E-state index contributed by atoms with van der Waals surface area (Å²) in [5.41, 5.74) is 0.0511.